The SMILES string of the molecule is COc1cc(Cl)cc(CN2CCNCC2C(N)=O)c1O. The summed E-state index contributed by atoms with van der Waals surface area (Å²) in [4.78, 5) is 13.4. The Kier molecular flexibility index (Phi) is 4.69. The van der Waals surface area contributed by atoms with Crippen LogP contribution in [0.15, 0.2) is 12.1 Å². The van der Waals surface area contributed by atoms with Crippen molar-refractivity contribution in [3.05, 3.63) is 22.7 Å². The summed E-state index contributed by atoms with van der Waals surface area (Å²) >= 11 is 6.00. The molecule has 0 radical (unpaired) electrons. The summed E-state index contributed by atoms with van der Waals surface area (Å²) in [5.74, 6) is -0.0254. The zero-order valence-electron chi connectivity index (χ0n) is 11.2. The number of aromatic hydroxyl groups is 1. The number of ether oxygens (including phenoxy) is 1. The van der Waals surface area contributed by atoms with Crippen LogP contribution in [0.5, 0.6) is 11.5 Å². The molecular formula is C13H18ClN3O3. The van der Waals surface area contributed by atoms with Crippen LogP contribution in [0.1, 0.15) is 5.56 Å². The van der Waals surface area contributed by atoms with Gasteiger partial charge in [-0.1, -0.05) is 11.6 Å². The third-order valence-corrected chi connectivity index (χ3v) is 3.61. The number of nitrogens with two attached hydrogens (primary N) is 1. The number of carbonyl (C=O) groups excluding carboxylic acids is 1. The van der Waals surface area contributed by atoms with Gasteiger partial charge in [0.1, 0.15) is 6.04 Å². The van der Waals surface area contributed by atoms with Gasteiger partial charge in [0.2, 0.25) is 5.91 Å². The number of carbonyl (C=O) groups is 1. The molecule has 0 aliphatic carbocycles. The average Bonchev–Trinajstić information content (AvgIpc) is 2.42. The molecule has 110 valence electrons. The minimum Gasteiger partial charge on any atom is -0.504 e. The van der Waals surface area contributed by atoms with Crippen LogP contribution in [-0.4, -0.2) is 48.7 Å². The van der Waals surface area contributed by atoms with Crippen molar-refractivity contribution in [2.24, 2.45) is 5.73 Å². The largest absolute Gasteiger partial charge is 0.504 e. The van der Waals surface area contributed by atoms with Gasteiger partial charge in [-0.2, -0.15) is 0 Å². The smallest absolute Gasteiger partial charge is 0.236 e. The highest BCUT2D eigenvalue weighted by molar-refractivity contribution is 6.30. The Morgan fingerprint density at radius 1 is 1.65 bits per heavy atom. The number of amides is 1. The van der Waals surface area contributed by atoms with Crippen LogP contribution in [0.2, 0.25) is 5.02 Å². The summed E-state index contributed by atoms with van der Waals surface area (Å²) in [5, 5.41) is 13.7. The molecular weight excluding hydrogens is 282 g/mol. The number of rotatable bonds is 4. The summed E-state index contributed by atoms with van der Waals surface area (Å²) < 4.78 is 5.07. The molecule has 1 saturated heterocycles. The number of phenolic OH excluding ortho intramolecular Hbond substituents is 1. The highest BCUT2D eigenvalue weighted by Gasteiger charge is 2.27. The van der Waals surface area contributed by atoms with E-state index in [0.29, 0.717) is 36.0 Å². The molecule has 1 aliphatic heterocycles. The zero-order chi connectivity index (χ0) is 14.7. The van der Waals surface area contributed by atoms with Crippen molar-refractivity contribution in [1.29, 1.82) is 0 Å². The molecule has 20 heavy (non-hydrogen) atoms. The van der Waals surface area contributed by atoms with E-state index >= 15 is 0 Å². The molecule has 0 spiro atoms. The van der Waals surface area contributed by atoms with Crippen molar-refractivity contribution < 1.29 is 14.6 Å². The van der Waals surface area contributed by atoms with Crippen LogP contribution in [0.25, 0.3) is 0 Å². The monoisotopic (exact) mass is 299 g/mol. The Bertz CT molecular complexity index is 510. The number of nitrogens with one attached hydrogen (secondary N) is 1. The number of primary amides is 1. The van der Waals surface area contributed by atoms with E-state index in [2.05, 4.69) is 5.32 Å². The Morgan fingerprint density at radius 2 is 2.40 bits per heavy atom. The van der Waals surface area contributed by atoms with Gasteiger partial charge in [-0.15, -0.1) is 0 Å². The first-order chi connectivity index (χ1) is 9.52. The Labute approximate surface area is 122 Å². The number of hydrogen-bond acceptors (Lipinski definition) is 5. The van der Waals surface area contributed by atoms with E-state index in [-0.39, 0.29) is 11.7 Å². The molecule has 7 heteroatoms. The summed E-state index contributed by atoms with van der Waals surface area (Å²) in [6, 6.07) is 2.82. The molecule has 0 aromatic heterocycles. The fraction of sp³-hybridized carbons (Fsp3) is 0.462. The second-order valence-electron chi connectivity index (χ2n) is 4.71. The summed E-state index contributed by atoms with van der Waals surface area (Å²) in [6.07, 6.45) is 0. The summed E-state index contributed by atoms with van der Waals surface area (Å²) in [5.41, 5.74) is 6.01. The quantitative estimate of drug-likeness (QED) is 0.745. The lowest BCUT2D eigenvalue weighted by Crippen LogP contribution is -2.56. The number of piperazine rings is 1. The van der Waals surface area contributed by atoms with E-state index in [1.54, 1.807) is 12.1 Å². The molecule has 6 nitrogen and oxygen atoms in total. The van der Waals surface area contributed by atoms with Crippen molar-refractivity contribution >= 4 is 17.5 Å². The van der Waals surface area contributed by atoms with Gasteiger partial charge in [-0.25, -0.2) is 0 Å². The lowest BCUT2D eigenvalue weighted by molar-refractivity contribution is -0.124. The maximum Gasteiger partial charge on any atom is 0.236 e. The fourth-order valence-electron chi connectivity index (χ4n) is 2.34. The van der Waals surface area contributed by atoms with E-state index in [0.717, 1.165) is 6.54 Å². The van der Waals surface area contributed by atoms with Crippen LogP contribution in [0.3, 0.4) is 0 Å². The molecule has 1 aromatic rings. The van der Waals surface area contributed by atoms with Gasteiger partial charge in [0.15, 0.2) is 11.5 Å². The minimum atomic E-state index is -0.395. The predicted octanol–water partition coefficient (Wildman–Crippen LogP) is 0.313. The molecule has 1 heterocycles. The molecule has 1 fully saturated rings. The topological polar surface area (TPSA) is 87.8 Å². The molecule has 0 saturated carbocycles. The molecule has 1 aliphatic rings. The number of hydrogen-bond donors (Lipinski definition) is 3. The van der Waals surface area contributed by atoms with Crippen molar-refractivity contribution in [1.82, 2.24) is 10.2 Å². The third-order valence-electron chi connectivity index (χ3n) is 3.39. The molecule has 1 unspecified atom stereocenters. The van der Waals surface area contributed by atoms with E-state index in [9.17, 15) is 9.90 Å². The number of methoxy groups -OCH3 is 1. The fourth-order valence-corrected chi connectivity index (χ4v) is 2.57. The Morgan fingerprint density at radius 3 is 3.05 bits per heavy atom. The van der Waals surface area contributed by atoms with Crippen LogP contribution < -0.4 is 15.8 Å². The first kappa shape index (κ1) is 14.9. The van der Waals surface area contributed by atoms with Gasteiger partial charge >= 0.3 is 0 Å². The lowest BCUT2D eigenvalue weighted by atomic mass is 10.1. The Hall–Kier alpha value is -1.50. The number of halogens is 1. The van der Waals surface area contributed by atoms with Crippen molar-refractivity contribution in [2.45, 2.75) is 12.6 Å². The highest BCUT2D eigenvalue weighted by atomic mass is 35.5. The lowest BCUT2D eigenvalue weighted by Gasteiger charge is -2.34. The van der Waals surface area contributed by atoms with Crippen molar-refractivity contribution in [2.75, 3.05) is 26.7 Å². The average molecular weight is 300 g/mol. The first-order valence-corrected chi connectivity index (χ1v) is 6.70. The van der Waals surface area contributed by atoms with Gasteiger partial charge in [0.05, 0.1) is 7.11 Å². The predicted molar refractivity (Wildman–Crippen MR) is 75.9 cm³/mol. The van der Waals surface area contributed by atoms with Gasteiger partial charge < -0.3 is 20.9 Å². The number of nitrogens with zero attached hydrogens (tertiary/aromatic N) is 1. The van der Waals surface area contributed by atoms with Crippen LogP contribution >= 0.6 is 11.6 Å². The number of benzene rings is 1. The molecule has 0 bridgehead atoms. The second-order valence-corrected chi connectivity index (χ2v) is 5.14. The first-order valence-electron chi connectivity index (χ1n) is 6.32. The normalized spacial score (nSPS) is 19.8. The second kappa shape index (κ2) is 6.30. The van der Waals surface area contributed by atoms with Gasteiger partial charge in [-0.05, 0) is 6.07 Å². The van der Waals surface area contributed by atoms with Gasteiger partial charge in [0.25, 0.3) is 0 Å². The molecule has 1 amide bonds. The molecule has 4 N–H and O–H groups in total. The maximum absolute atomic E-state index is 11.5. The van der Waals surface area contributed by atoms with Crippen molar-refractivity contribution in [3.63, 3.8) is 0 Å². The van der Waals surface area contributed by atoms with Crippen LogP contribution in [0, 0.1) is 0 Å². The van der Waals surface area contributed by atoms with Gasteiger partial charge in [-0.3, -0.25) is 9.69 Å². The van der Waals surface area contributed by atoms with E-state index < -0.39 is 6.04 Å². The van der Waals surface area contributed by atoms with Gasteiger partial charge in [0, 0.05) is 42.8 Å². The third kappa shape index (κ3) is 3.15. The molecule has 2 rings (SSSR count). The Balaban J connectivity index is 2.24. The number of phenols is 1. The molecule has 1 aromatic carbocycles. The zero-order valence-corrected chi connectivity index (χ0v) is 12.0. The van der Waals surface area contributed by atoms with Crippen molar-refractivity contribution in [3.8, 4) is 11.5 Å². The summed E-state index contributed by atoms with van der Waals surface area (Å²) in [6.45, 7) is 2.33. The van der Waals surface area contributed by atoms with E-state index in [1.807, 2.05) is 4.90 Å². The van der Waals surface area contributed by atoms with E-state index in [1.165, 1.54) is 7.11 Å². The highest BCUT2D eigenvalue weighted by Crippen LogP contribution is 2.34. The standard InChI is InChI=1S/C13H18ClN3O3/c1-20-11-5-9(14)4-8(12(11)18)7-17-3-2-16-6-10(17)13(15)19/h4-5,10,16,18H,2-3,6-7H2,1H3,(H2,15,19). The minimum absolute atomic E-state index is 0.0404. The maximum atomic E-state index is 11.5. The summed E-state index contributed by atoms with van der Waals surface area (Å²) in [7, 11) is 1.46. The van der Waals surface area contributed by atoms with Crippen LogP contribution in [-0.2, 0) is 11.3 Å². The van der Waals surface area contributed by atoms with Crippen LogP contribution in [0.4, 0.5) is 0 Å². The molecule has 1 atom stereocenters. The van der Waals surface area contributed by atoms with E-state index in [4.69, 9.17) is 22.1 Å².